The smallest absolute Gasteiger partial charge is 0.173 e. The fraction of sp³-hybridized carbons (Fsp3) is 0.200. The third kappa shape index (κ3) is 5.72. The van der Waals surface area contributed by atoms with Gasteiger partial charge in [-0.3, -0.25) is 9.98 Å². The second kappa shape index (κ2) is 12.1. The number of halogens is 3. The van der Waals surface area contributed by atoms with Crippen molar-refractivity contribution < 1.29 is 8.78 Å². The SMILES string of the molecule is C=C(NCCc1ccncc1)c1ccc(NC2=NC=CN3C2=NCC3c2ccc(CCC#N)c(F)c2F)cc1Cl. The number of nitriles is 1. The van der Waals surface area contributed by atoms with Crippen LogP contribution >= 0.6 is 11.6 Å². The van der Waals surface area contributed by atoms with E-state index in [1.807, 2.05) is 30.3 Å². The van der Waals surface area contributed by atoms with Crippen LogP contribution in [-0.2, 0) is 12.8 Å². The van der Waals surface area contributed by atoms with Crippen LogP contribution in [0, 0.1) is 23.0 Å². The predicted molar refractivity (Wildman–Crippen MR) is 154 cm³/mol. The first-order valence-corrected chi connectivity index (χ1v) is 13.1. The third-order valence-electron chi connectivity index (χ3n) is 6.75. The monoisotopic (exact) mass is 557 g/mol. The van der Waals surface area contributed by atoms with Crippen LogP contribution in [0.4, 0.5) is 14.5 Å². The highest BCUT2D eigenvalue weighted by Gasteiger charge is 2.34. The molecule has 2 aliphatic rings. The van der Waals surface area contributed by atoms with Gasteiger partial charge in [0.2, 0.25) is 0 Å². The van der Waals surface area contributed by atoms with Crippen LogP contribution in [0.2, 0.25) is 5.02 Å². The summed E-state index contributed by atoms with van der Waals surface area (Å²) < 4.78 is 29.7. The van der Waals surface area contributed by atoms with Gasteiger partial charge in [-0.15, -0.1) is 0 Å². The summed E-state index contributed by atoms with van der Waals surface area (Å²) in [6.07, 6.45) is 7.92. The molecule has 0 saturated heterocycles. The van der Waals surface area contributed by atoms with Crippen molar-refractivity contribution in [3.8, 4) is 6.07 Å². The maximum atomic E-state index is 15.0. The molecule has 0 saturated carbocycles. The van der Waals surface area contributed by atoms with Gasteiger partial charge in [0.1, 0.15) is 0 Å². The van der Waals surface area contributed by atoms with Gasteiger partial charge in [-0.2, -0.15) is 5.26 Å². The van der Waals surface area contributed by atoms with Gasteiger partial charge in [0.15, 0.2) is 23.3 Å². The Kier molecular flexibility index (Phi) is 8.18. The summed E-state index contributed by atoms with van der Waals surface area (Å²) in [5.41, 5.74) is 3.75. The molecule has 3 aromatic rings. The molecule has 0 fully saturated rings. The van der Waals surface area contributed by atoms with E-state index in [1.54, 1.807) is 41.8 Å². The molecule has 2 aliphatic heterocycles. The molecule has 10 heteroatoms. The van der Waals surface area contributed by atoms with E-state index in [0.29, 0.717) is 34.6 Å². The molecule has 7 nitrogen and oxygen atoms in total. The van der Waals surface area contributed by atoms with Crippen LogP contribution in [0.25, 0.3) is 5.70 Å². The van der Waals surface area contributed by atoms with E-state index in [-0.39, 0.29) is 30.5 Å². The van der Waals surface area contributed by atoms with Gasteiger partial charge >= 0.3 is 0 Å². The van der Waals surface area contributed by atoms with Gasteiger partial charge < -0.3 is 15.5 Å². The zero-order valence-electron chi connectivity index (χ0n) is 21.5. The van der Waals surface area contributed by atoms with E-state index < -0.39 is 17.7 Å². The number of fused-ring (bicyclic) bond motifs is 1. The highest BCUT2D eigenvalue weighted by molar-refractivity contribution is 6.45. The molecule has 2 N–H and O–H groups in total. The molecule has 0 amide bonds. The third-order valence-corrected chi connectivity index (χ3v) is 7.07. The molecule has 3 heterocycles. The highest BCUT2D eigenvalue weighted by Crippen LogP contribution is 2.33. The van der Waals surface area contributed by atoms with E-state index in [2.05, 4.69) is 32.2 Å². The lowest BCUT2D eigenvalue weighted by Crippen LogP contribution is -2.37. The molecule has 5 rings (SSSR count). The number of nitrogens with one attached hydrogen (secondary N) is 2. The van der Waals surface area contributed by atoms with Gasteiger partial charge in [0, 0.05) is 60.3 Å². The zero-order valence-corrected chi connectivity index (χ0v) is 22.3. The fourth-order valence-electron chi connectivity index (χ4n) is 4.66. The minimum absolute atomic E-state index is 0.120. The van der Waals surface area contributed by atoms with E-state index >= 15 is 4.39 Å². The molecular formula is C30H26ClF2N7. The van der Waals surface area contributed by atoms with Crippen LogP contribution in [0.3, 0.4) is 0 Å². The predicted octanol–water partition coefficient (Wildman–Crippen LogP) is 6.02. The number of aliphatic imine (C=N–C) groups is 2. The Balaban J connectivity index is 1.24. The number of pyridine rings is 1. The largest absolute Gasteiger partial charge is 0.385 e. The summed E-state index contributed by atoms with van der Waals surface area (Å²) in [5.74, 6) is -0.852. The first-order chi connectivity index (χ1) is 19.5. The molecule has 202 valence electrons. The van der Waals surface area contributed by atoms with Crippen molar-refractivity contribution in [3.05, 3.63) is 113 Å². The van der Waals surface area contributed by atoms with Crippen LogP contribution < -0.4 is 10.6 Å². The summed E-state index contributed by atoms with van der Waals surface area (Å²) >= 11 is 6.59. The topological polar surface area (TPSA) is 88.7 Å². The number of anilines is 1. The Morgan fingerprint density at radius 1 is 1.12 bits per heavy atom. The summed E-state index contributed by atoms with van der Waals surface area (Å²) in [7, 11) is 0. The number of amidine groups is 2. The molecule has 0 bridgehead atoms. The average Bonchev–Trinajstić information content (AvgIpc) is 3.39. The van der Waals surface area contributed by atoms with Gasteiger partial charge in [-0.25, -0.2) is 13.8 Å². The van der Waals surface area contributed by atoms with Crippen molar-refractivity contribution >= 4 is 34.7 Å². The molecule has 0 aliphatic carbocycles. The second-order valence-corrected chi connectivity index (χ2v) is 9.70. The first-order valence-electron chi connectivity index (χ1n) is 12.8. The van der Waals surface area contributed by atoms with Gasteiger partial charge in [0.05, 0.1) is 23.7 Å². The number of nitrogens with zero attached hydrogens (tertiary/aromatic N) is 5. The quantitative estimate of drug-likeness (QED) is 0.336. The van der Waals surface area contributed by atoms with Crippen molar-refractivity contribution in [3.63, 3.8) is 0 Å². The van der Waals surface area contributed by atoms with Crippen molar-refractivity contribution in [2.75, 3.05) is 18.4 Å². The fourth-order valence-corrected chi connectivity index (χ4v) is 4.95. The number of aromatic nitrogens is 1. The minimum Gasteiger partial charge on any atom is -0.385 e. The van der Waals surface area contributed by atoms with Crippen LogP contribution in [0.15, 0.2) is 83.8 Å². The van der Waals surface area contributed by atoms with E-state index in [1.165, 1.54) is 11.6 Å². The van der Waals surface area contributed by atoms with Crippen molar-refractivity contribution in [2.45, 2.75) is 25.3 Å². The van der Waals surface area contributed by atoms with Crippen molar-refractivity contribution in [2.24, 2.45) is 9.98 Å². The Morgan fingerprint density at radius 2 is 1.95 bits per heavy atom. The Morgan fingerprint density at radius 3 is 2.73 bits per heavy atom. The molecule has 40 heavy (non-hydrogen) atoms. The van der Waals surface area contributed by atoms with Gasteiger partial charge in [-0.1, -0.05) is 30.3 Å². The minimum atomic E-state index is -0.919. The molecule has 2 aromatic carbocycles. The highest BCUT2D eigenvalue weighted by atomic mass is 35.5. The number of rotatable bonds is 9. The number of hydrogen-bond acceptors (Lipinski definition) is 7. The summed E-state index contributed by atoms with van der Waals surface area (Å²) in [6, 6.07) is 14.0. The van der Waals surface area contributed by atoms with Crippen LogP contribution in [0.1, 0.15) is 34.7 Å². The second-order valence-electron chi connectivity index (χ2n) is 9.29. The summed E-state index contributed by atoms with van der Waals surface area (Å²) in [6.45, 7) is 5.05. The number of aryl methyl sites for hydroxylation is 1. The lowest BCUT2D eigenvalue weighted by molar-refractivity contribution is 0.418. The zero-order chi connectivity index (χ0) is 28.1. The Bertz CT molecular complexity index is 1560. The molecule has 1 atom stereocenters. The summed E-state index contributed by atoms with van der Waals surface area (Å²) in [4.78, 5) is 14.8. The summed E-state index contributed by atoms with van der Waals surface area (Å²) in [5, 5.41) is 15.8. The van der Waals surface area contributed by atoms with Gasteiger partial charge in [0.25, 0.3) is 0 Å². The van der Waals surface area contributed by atoms with E-state index in [9.17, 15) is 4.39 Å². The Labute approximate surface area is 236 Å². The molecule has 1 unspecified atom stereocenters. The van der Waals surface area contributed by atoms with E-state index in [4.69, 9.17) is 16.9 Å². The van der Waals surface area contributed by atoms with Crippen LogP contribution in [-0.4, -0.2) is 34.6 Å². The lowest BCUT2D eigenvalue weighted by Gasteiger charge is -2.27. The maximum Gasteiger partial charge on any atom is 0.173 e. The van der Waals surface area contributed by atoms with Crippen molar-refractivity contribution in [1.82, 2.24) is 15.2 Å². The Hall–Kier alpha value is -4.55. The molecule has 0 radical (unpaired) electrons. The molecule has 0 spiro atoms. The van der Waals surface area contributed by atoms with E-state index in [0.717, 1.165) is 12.0 Å². The maximum absolute atomic E-state index is 15.0. The normalized spacial score (nSPS) is 15.7. The van der Waals surface area contributed by atoms with Crippen molar-refractivity contribution in [1.29, 1.82) is 5.26 Å². The standard InChI is InChI=1S/C30H26ClF2N7/c1-19(36-14-10-20-8-12-35-13-9-20)23-7-5-22(17-25(23)31)39-29-30-38-18-26(40(30)16-15-37-29)24-6-4-21(3-2-11-34)27(32)28(24)33/h4-9,12-13,15-17,26,36H,1-3,10,14,18H2,(H,37,39). The first kappa shape index (κ1) is 27.0. The average molecular weight is 558 g/mol. The van der Waals surface area contributed by atoms with Crippen LogP contribution in [0.5, 0.6) is 0 Å². The molecule has 1 aromatic heterocycles. The number of hydrogen-bond donors (Lipinski definition) is 2. The lowest BCUT2D eigenvalue weighted by atomic mass is 10.0. The number of benzene rings is 2. The van der Waals surface area contributed by atoms with Gasteiger partial charge in [-0.05, 0) is 54.3 Å². The molecular weight excluding hydrogens is 532 g/mol.